The van der Waals surface area contributed by atoms with Crippen LogP contribution < -0.4 is 69.5 Å². The van der Waals surface area contributed by atoms with E-state index in [-0.39, 0.29) is 45.1 Å². The Morgan fingerprint density at radius 1 is 0.571 bits per heavy atom. The average molecular weight is 1590 g/mol. The predicted molar refractivity (Wildman–Crippen MR) is 392 cm³/mol. The van der Waals surface area contributed by atoms with Gasteiger partial charge in [0.1, 0.15) is 72.6 Å². The number of carbonyl (C=O) groups is 19. The number of rotatable bonds is 36. The molecule has 2 aromatic rings. The quantitative estimate of drug-likeness (QED) is 0.0231. The van der Waals surface area contributed by atoms with Crippen LogP contribution in [0.2, 0.25) is 0 Å². The Balaban J connectivity index is 2.20. The SMILES string of the molecule is CCC(C)CCCCCCC(=O)NC(Cc1c[nH]c2ccccc12)C(=O)NC(CCC(=O)O)C(=O)NC(CC(=O)O)C(=O)NC1C(=O)N(C)CC(=O)NC(C)C(=O)NC(CC(=O)O)C(=O)NC(CCCCN)C(=O)NC(CC(=O)O)C(=O)NCC(=O)NC(CO)C(=O)NC(CCC(=O)O)C(=O)NC(C(C)CC)C(=O)OC1C. The van der Waals surface area contributed by atoms with Crippen molar-refractivity contribution in [2.24, 2.45) is 17.6 Å². The molecule has 2 heterocycles. The number of likely N-dealkylation sites (N-methyl/N-ethyl adjacent to an activating group) is 1. The summed E-state index contributed by atoms with van der Waals surface area (Å²) in [6.45, 7) is 5.77. The third-order valence-corrected chi connectivity index (χ3v) is 18.4. The Morgan fingerprint density at radius 2 is 1.14 bits per heavy atom. The molecule has 622 valence electrons. The molecule has 21 N–H and O–H groups in total. The van der Waals surface area contributed by atoms with Gasteiger partial charge in [0, 0.05) is 49.8 Å². The first-order chi connectivity index (χ1) is 52.8. The number of esters is 1. The smallest absolute Gasteiger partial charge is 0.329 e. The monoisotopic (exact) mass is 1590 g/mol. The van der Waals surface area contributed by atoms with Crippen LogP contribution in [0.25, 0.3) is 10.9 Å². The maximum atomic E-state index is 14.9. The van der Waals surface area contributed by atoms with Crippen molar-refractivity contribution in [1.82, 2.24) is 73.7 Å². The molecule has 1 saturated heterocycles. The Morgan fingerprint density at radius 3 is 1.75 bits per heavy atom. The Labute approximate surface area is 644 Å². The molecule has 14 atom stereocenters. The summed E-state index contributed by atoms with van der Waals surface area (Å²) in [5.41, 5.74) is 6.85. The van der Waals surface area contributed by atoms with Crippen molar-refractivity contribution in [1.29, 1.82) is 0 Å². The van der Waals surface area contributed by atoms with Crippen molar-refractivity contribution >= 4 is 124 Å². The summed E-state index contributed by atoms with van der Waals surface area (Å²) in [4.78, 5) is 262. The number of carboxylic acid groups (broad SMARTS) is 5. The highest BCUT2D eigenvalue weighted by atomic mass is 16.5. The number of aliphatic hydroxyl groups excluding tert-OH is 1. The number of benzene rings is 1. The number of amides is 13. The summed E-state index contributed by atoms with van der Waals surface area (Å²) < 4.78 is 5.75. The van der Waals surface area contributed by atoms with Gasteiger partial charge in [0.25, 0.3) is 0 Å². The van der Waals surface area contributed by atoms with Crippen molar-refractivity contribution in [3.63, 3.8) is 0 Å². The molecule has 41 nitrogen and oxygen atoms in total. The second-order valence-corrected chi connectivity index (χ2v) is 27.5. The number of ether oxygens (including phenoxy) is 1. The van der Waals surface area contributed by atoms with E-state index in [2.05, 4.69) is 72.0 Å². The molecule has 13 amide bonds. The number of nitrogens with two attached hydrogens (primary N) is 1. The van der Waals surface area contributed by atoms with Crippen molar-refractivity contribution in [3.05, 3.63) is 36.0 Å². The molecule has 0 bridgehead atoms. The summed E-state index contributed by atoms with van der Waals surface area (Å²) in [5, 5.41) is 87.1. The number of H-pyrrole nitrogens is 1. The topological polar surface area (TPSA) is 644 Å². The molecule has 112 heavy (non-hydrogen) atoms. The standard InChI is InChI=1S/C71H107N15O26/c1-8-36(3)18-12-10-11-13-22-51(88)76-46(28-40-32-73-42-20-15-14-19-41(40)42)66(106)79-44(23-25-54(91)92)64(104)83-49(31-58(99)100)68(108)85-60-39(6)112-71(111)59(37(4)9-2)84-65(105)45(24-26-55(93)94)80-69(109)50(35-87)77-52(89)33-74-62(102)47(29-56(95)96)82-63(103)43(21-16-17-27-72)78-67(107)48(30-57(97)98)81-61(101)38(5)75-53(90)34-86(7)70(60)110/h14-15,19-20,32,36-39,43-50,59-60,73,87H,8-13,16-18,21-31,33-35,72H2,1-7H3,(H,74,102)(H,75,90)(H,76,88)(H,77,89)(H,78,107)(H,79,106)(H,80,109)(H,81,101)(H,82,103)(H,83,104)(H,84,105)(H,85,108)(H,91,92)(H,93,94)(H,95,96)(H,97,98)(H,99,100). The molecule has 0 radical (unpaired) electrons. The summed E-state index contributed by atoms with van der Waals surface area (Å²) >= 11 is 0. The van der Waals surface area contributed by atoms with E-state index in [1.54, 1.807) is 30.5 Å². The van der Waals surface area contributed by atoms with E-state index in [0.717, 1.165) is 46.6 Å². The summed E-state index contributed by atoms with van der Waals surface area (Å²) in [5.74, 6) is -26.3. The van der Waals surface area contributed by atoms with Gasteiger partial charge in [-0.25, -0.2) is 4.79 Å². The minimum atomic E-state index is -2.29. The molecule has 0 aliphatic carbocycles. The van der Waals surface area contributed by atoms with Gasteiger partial charge in [0.2, 0.25) is 76.8 Å². The van der Waals surface area contributed by atoms with E-state index >= 15 is 0 Å². The fourth-order valence-electron chi connectivity index (χ4n) is 11.5. The van der Waals surface area contributed by atoms with Gasteiger partial charge < -0.3 is 115 Å². The number of aliphatic hydroxyl groups is 1. The lowest BCUT2D eigenvalue weighted by Crippen LogP contribution is -2.61. The van der Waals surface area contributed by atoms with Gasteiger partial charge in [-0.2, -0.15) is 0 Å². The second-order valence-electron chi connectivity index (χ2n) is 27.5. The fraction of sp³-hybridized carbons (Fsp3) is 0.620. The molecule has 3 rings (SSSR count). The second kappa shape index (κ2) is 48.3. The molecule has 0 saturated carbocycles. The largest absolute Gasteiger partial charge is 0.481 e. The average Bonchev–Trinajstić information content (AvgIpc) is 1.56. The van der Waals surface area contributed by atoms with E-state index in [9.17, 15) is 122 Å². The van der Waals surface area contributed by atoms with Crippen LogP contribution >= 0.6 is 0 Å². The number of cyclic esters (lactones) is 1. The fourth-order valence-corrected chi connectivity index (χ4v) is 11.5. The maximum Gasteiger partial charge on any atom is 0.329 e. The van der Waals surface area contributed by atoms with E-state index in [4.69, 9.17) is 10.5 Å². The van der Waals surface area contributed by atoms with E-state index in [0.29, 0.717) is 40.1 Å². The molecule has 1 aliphatic rings. The first-order valence-electron chi connectivity index (χ1n) is 36.8. The molecule has 1 aromatic heterocycles. The lowest BCUT2D eigenvalue weighted by atomic mass is 9.98. The van der Waals surface area contributed by atoms with Crippen LogP contribution in [0.1, 0.15) is 163 Å². The Hall–Kier alpha value is -11.4. The number of aromatic amines is 1. The lowest BCUT2D eigenvalue weighted by molar-refractivity contribution is -0.159. The van der Waals surface area contributed by atoms with Gasteiger partial charge in [-0.1, -0.05) is 84.4 Å². The van der Waals surface area contributed by atoms with Crippen molar-refractivity contribution in [2.75, 3.05) is 33.3 Å². The molecule has 1 aromatic carbocycles. The summed E-state index contributed by atoms with van der Waals surface area (Å²) in [6, 6.07) is -14.3. The third-order valence-electron chi connectivity index (χ3n) is 18.4. The van der Waals surface area contributed by atoms with Gasteiger partial charge in [-0.3, -0.25) is 86.3 Å². The van der Waals surface area contributed by atoms with Crippen molar-refractivity contribution in [2.45, 2.75) is 236 Å². The number of hydrogen-bond acceptors (Lipinski definition) is 22. The molecule has 41 heteroatoms. The van der Waals surface area contributed by atoms with E-state index in [1.165, 1.54) is 13.8 Å². The van der Waals surface area contributed by atoms with Gasteiger partial charge in [-0.15, -0.1) is 0 Å². The first-order valence-corrected chi connectivity index (χ1v) is 36.8. The highest BCUT2D eigenvalue weighted by molar-refractivity contribution is 6.01. The van der Waals surface area contributed by atoms with Crippen LogP contribution in [0.15, 0.2) is 30.5 Å². The predicted octanol–water partition coefficient (Wildman–Crippen LogP) is -3.71. The zero-order valence-electron chi connectivity index (χ0n) is 63.6. The number of hydrogen-bond donors (Lipinski definition) is 20. The van der Waals surface area contributed by atoms with Gasteiger partial charge in [-0.05, 0) is 82.4 Å². The van der Waals surface area contributed by atoms with Crippen molar-refractivity contribution in [3.8, 4) is 0 Å². The molecule has 1 fully saturated rings. The molecular weight excluding hydrogens is 1480 g/mol. The van der Waals surface area contributed by atoms with Crippen LogP contribution in [0, 0.1) is 11.8 Å². The number of carbonyl (C=O) groups excluding carboxylic acids is 14. The van der Waals surface area contributed by atoms with Gasteiger partial charge >= 0.3 is 35.8 Å². The van der Waals surface area contributed by atoms with Crippen LogP contribution in [0.4, 0.5) is 0 Å². The third kappa shape index (κ3) is 33.4. The number of carboxylic acids is 5. The number of nitrogens with zero attached hydrogens (tertiary/aromatic N) is 1. The van der Waals surface area contributed by atoms with Crippen LogP contribution in [0.3, 0.4) is 0 Å². The highest BCUT2D eigenvalue weighted by Crippen LogP contribution is 2.21. The van der Waals surface area contributed by atoms with Crippen LogP contribution in [-0.2, 0) is 102 Å². The van der Waals surface area contributed by atoms with Crippen molar-refractivity contribution < 1.29 is 126 Å². The molecule has 14 unspecified atom stereocenters. The summed E-state index contributed by atoms with van der Waals surface area (Å²) in [6.07, 6.45) is -2.48. The highest BCUT2D eigenvalue weighted by Gasteiger charge is 2.41. The number of unbranched alkanes of at least 4 members (excludes halogenated alkanes) is 4. The number of fused-ring (bicyclic) bond motifs is 1. The van der Waals surface area contributed by atoms with Crippen LogP contribution in [-0.4, -0.2) is 259 Å². The van der Waals surface area contributed by atoms with E-state index in [1.807, 2.05) is 10.6 Å². The lowest BCUT2D eigenvalue weighted by Gasteiger charge is -2.32. The molecule has 1 aliphatic heterocycles. The molecule has 0 spiro atoms. The van der Waals surface area contributed by atoms with E-state index < -0.39 is 256 Å². The number of aromatic nitrogens is 1. The van der Waals surface area contributed by atoms with Gasteiger partial charge in [0.15, 0.2) is 0 Å². The number of aliphatic carboxylic acids is 5. The van der Waals surface area contributed by atoms with Gasteiger partial charge in [0.05, 0.1) is 39.0 Å². The zero-order valence-corrected chi connectivity index (χ0v) is 63.6. The summed E-state index contributed by atoms with van der Waals surface area (Å²) in [7, 11) is 0.936. The Kier molecular flexibility index (Phi) is 40.9. The number of nitrogens with one attached hydrogen (secondary N) is 13. The first kappa shape index (κ1) is 94.8. The minimum Gasteiger partial charge on any atom is -0.481 e. The Bertz CT molecular complexity index is 3670. The van der Waals surface area contributed by atoms with Crippen LogP contribution in [0.5, 0.6) is 0 Å². The molecular formula is C71H107N15O26. The minimum absolute atomic E-state index is 0.000706. The normalized spacial score (nSPS) is 21.9. The zero-order chi connectivity index (χ0) is 84.1. The number of para-hydroxylation sites is 1. The maximum absolute atomic E-state index is 14.9.